The van der Waals surface area contributed by atoms with Crippen LogP contribution in [0.4, 0.5) is 4.39 Å². The lowest BCUT2D eigenvalue weighted by Gasteiger charge is -2.15. The lowest BCUT2D eigenvalue weighted by atomic mass is 10.2. The fourth-order valence-electron chi connectivity index (χ4n) is 1.83. The first-order valence-corrected chi connectivity index (χ1v) is 5.79. The molecule has 0 aliphatic carbocycles. The van der Waals surface area contributed by atoms with Crippen molar-refractivity contribution in [3.05, 3.63) is 59.3 Å². The van der Waals surface area contributed by atoms with Crippen molar-refractivity contribution in [2.24, 2.45) is 0 Å². The molecular weight excluding hydrogens is 233 g/mol. The highest BCUT2D eigenvalue weighted by atomic mass is 19.1. The van der Waals surface area contributed by atoms with Gasteiger partial charge in [-0.2, -0.15) is 0 Å². The molecular formula is C14H16FNO2. The molecule has 18 heavy (non-hydrogen) atoms. The molecule has 1 N–H and O–H groups in total. The SMILES string of the molecule is CN(Cc1ccc(CO)o1)Cc1ccccc1F. The summed E-state index contributed by atoms with van der Waals surface area (Å²) in [7, 11) is 1.90. The Bertz CT molecular complexity index is 510. The second-order valence-corrected chi connectivity index (χ2v) is 4.29. The van der Waals surface area contributed by atoms with E-state index in [9.17, 15) is 4.39 Å². The number of rotatable bonds is 5. The van der Waals surface area contributed by atoms with Crippen LogP contribution in [0.5, 0.6) is 0 Å². The smallest absolute Gasteiger partial charge is 0.129 e. The molecule has 0 aliphatic rings. The lowest BCUT2D eigenvalue weighted by Crippen LogP contribution is -2.17. The van der Waals surface area contributed by atoms with Gasteiger partial charge in [-0.15, -0.1) is 0 Å². The Kier molecular flexibility index (Phi) is 4.12. The summed E-state index contributed by atoms with van der Waals surface area (Å²) in [6.07, 6.45) is 0. The van der Waals surface area contributed by atoms with Gasteiger partial charge in [-0.05, 0) is 25.2 Å². The third-order valence-corrected chi connectivity index (χ3v) is 2.70. The van der Waals surface area contributed by atoms with Crippen molar-refractivity contribution in [2.45, 2.75) is 19.7 Å². The number of furan rings is 1. The number of benzene rings is 1. The van der Waals surface area contributed by atoms with Crippen molar-refractivity contribution in [3.8, 4) is 0 Å². The number of aliphatic hydroxyl groups excluding tert-OH is 1. The van der Waals surface area contributed by atoms with Crippen LogP contribution in [0, 0.1) is 5.82 Å². The first-order chi connectivity index (χ1) is 8.69. The standard InChI is InChI=1S/C14H16FNO2/c1-16(8-11-4-2-3-5-14(11)15)9-12-6-7-13(10-17)18-12/h2-7,17H,8-10H2,1H3. The molecule has 0 saturated heterocycles. The van der Waals surface area contributed by atoms with E-state index in [0.29, 0.717) is 24.4 Å². The van der Waals surface area contributed by atoms with Crippen molar-refractivity contribution < 1.29 is 13.9 Å². The predicted octanol–water partition coefficient (Wildman–Crippen LogP) is 2.54. The van der Waals surface area contributed by atoms with Gasteiger partial charge in [0.15, 0.2) is 0 Å². The van der Waals surface area contributed by atoms with Crippen LogP contribution in [0.2, 0.25) is 0 Å². The average molecular weight is 249 g/mol. The Hall–Kier alpha value is -1.65. The Morgan fingerprint density at radius 1 is 1.11 bits per heavy atom. The van der Waals surface area contributed by atoms with E-state index in [2.05, 4.69) is 0 Å². The highest BCUT2D eigenvalue weighted by Crippen LogP contribution is 2.13. The van der Waals surface area contributed by atoms with E-state index in [1.807, 2.05) is 24.1 Å². The van der Waals surface area contributed by atoms with Gasteiger partial charge < -0.3 is 9.52 Å². The van der Waals surface area contributed by atoms with Crippen LogP contribution >= 0.6 is 0 Å². The summed E-state index contributed by atoms with van der Waals surface area (Å²) in [5, 5.41) is 8.90. The van der Waals surface area contributed by atoms with Crippen molar-refractivity contribution in [2.75, 3.05) is 7.05 Å². The lowest BCUT2D eigenvalue weighted by molar-refractivity contribution is 0.230. The maximum absolute atomic E-state index is 13.5. The molecule has 0 bridgehead atoms. The summed E-state index contributed by atoms with van der Waals surface area (Å²) < 4.78 is 18.9. The minimum Gasteiger partial charge on any atom is -0.462 e. The fourth-order valence-corrected chi connectivity index (χ4v) is 1.83. The first-order valence-electron chi connectivity index (χ1n) is 5.79. The minimum absolute atomic E-state index is 0.100. The number of nitrogens with zero attached hydrogens (tertiary/aromatic N) is 1. The Balaban J connectivity index is 1.96. The molecule has 0 spiro atoms. The molecule has 1 heterocycles. The molecule has 2 aromatic rings. The van der Waals surface area contributed by atoms with E-state index in [-0.39, 0.29) is 12.4 Å². The Morgan fingerprint density at radius 2 is 1.83 bits per heavy atom. The second kappa shape index (κ2) is 5.80. The quantitative estimate of drug-likeness (QED) is 0.884. The molecule has 0 amide bonds. The van der Waals surface area contributed by atoms with Crippen LogP contribution in [-0.4, -0.2) is 17.1 Å². The number of hydrogen-bond donors (Lipinski definition) is 1. The monoisotopic (exact) mass is 249 g/mol. The molecule has 2 rings (SSSR count). The van der Waals surface area contributed by atoms with Gasteiger partial charge in [0.2, 0.25) is 0 Å². The zero-order chi connectivity index (χ0) is 13.0. The zero-order valence-corrected chi connectivity index (χ0v) is 10.3. The van der Waals surface area contributed by atoms with Crippen LogP contribution in [-0.2, 0) is 19.7 Å². The minimum atomic E-state index is -0.195. The van der Waals surface area contributed by atoms with Crippen molar-refractivity contribution in [1.82, 2.24) is 4.90 Å². The summed E-state index contributed by atoms with van der Waals surface area (Å²) in [6.45, 7) is 0.993. The van der Waals surface area contributed by atoms with Crippen LogP contribution < -0.4 is 0 Å². The average Bonchev–Trinajstić information content (AvgIpc) is 2.80. The van der Waals surface area contributed by atoms with Gasteiger partial charge in [0, 0.05) is 12.1 Å². The molecule has 0 fully saturated rings. The third kappa shape index (κ3) is 3.18. The Labute approximate surface area is 105 Å². The zero-order valence-electron chi connectivity index (χ0n) is 10.3. The molecule has 0 atom stereocenters. The van der Waals surface area contributed by atoms with Gasteiger partial charge in [-0.3, -0.25) is 4.90 Å². The fraction of sp³-hybridized carbons (Fsp3) is 0.286. The van der Waals surface area contributed by atoms with Crippen molar-refractivity contribution >= 4 is 0 Å². The van der Waals surface area contributed by atoms with Gasteiger partial charge in [-0.25, -0.2) is 4.39 Å². The topological polar surface area (TPSA) is 36.6 Å². The number of hydrogen-bond acceptors (Lipinski definition) is 3. The van der Waals surface area contributed by atoms with Crippen molar-refractivity contribution in [1.29, 1.82) is 0 Å². The highest BCUT2D eigenvalue weighted by molar-refractivity contribution is 5.17. The predicted molar refractivity (Wildman–Crippen MR) is 66.2 cm³/mol. The van der Waals surface area contributed by atoms with Crippen LogP contribution in [0.3, 0.4) is 0 Å². The van der Waals surface area contributed by atoms with Gasteiger partial charge in [-0.1, -0.05) is 18.2 Å². The third-order valence-electron chi connectivity index (χ3n) is 2.70. The largest absolute Gasteiger partial charge is 0.462 e. The molecule has 1 aromatic heterocycles. The molecule has 4 heteroatoms. The number of aliphatic hydroxyl groups is 1. The van der Waals surface area contributed by atoms with E-state index in [0.717, 1.165) is 5.76 Å². The molecule has 1 aromatic carbocycles. The molecule has 0 radical (unpaired) electrons. The summed E-state index contributed by atoms with van der Waals surface area (Å²) in [5.41, 5.74) is 0.661. The van der Waals surface area contributed by atoms with E-state index in [1.54, 1.807) is 18.2 Å². The molecule has 0 unspecified atom stereocenters. The first kappa shape index (κ1) is 12.8. The van der Waals surface area contributed by atoms with Gasteiger partial charge in [0.25, 0.3) is 0 Å². The van der Waals surface area contributed by atoms with E-state index in [1.165, 1.54) is 6.07 Å². The molecule has 3 nitrogen and oxygen atoms in total. The molecule has 0 saturated carbocycles. The Morgan fingerprint density at radius 3 is 2.50 bits per heavy atom. The van der Waals surface area contributed by atoms with E-state index >= 15 is 0 Å². The maximum Gasteiger partial charge on any atom is 0.129 e. The van der Waals surface area contributed by atoms with E-state index < -0.39 is 0 Å². The van der Waals surface area contributed by atoms with Crippen LogP contribution in [0.1, 0.15) is 17.1 Å². The highest BCUT2D eigenvalue weighted by Gasteiger charge is 2.08. The van der Waals surface area contributed by atoms with Gasteiger partial charge in [0.05, 0.1) is 6.54 Å². The second-order valence-electron chi connectivity index (χ2n) is 4.29. The summed E-state index contributed by atoms with van der Waals surface area (Å²) >= 11 is 0. The molecule has 96 valence electrons. The normalized spacial score (nSPS) is 11.1. The molecule has 0 aliphatic heterocycles. The van der Waals surface area contributed by atoms with Crippen LogP contribution in [0.15, 0.2) is 40.8 Å². The van der Waals surface area contributed by atoms with Crippen LogP contribution in [0.25, 0.3) is 0 Å². The summed E-state index contributed by atoms with van der Waals surface area (Å²) in [5.74, 6) is 1.11. The van der Waals surface area contributed by atoms with E-state index in [4.69, 9.17) is 9.52 Å². The van der Waals surface area contributed by atoms with Gasteiger partial charge in [0.1, 0.15) is 23.9 Å². The van der Waals surface area contributed by atoms with Crippen molar-refractivity contribution in [3.63, 3.8) is 0 Å². The van der Waals surface area contributed by atoms with Gasteiger partial charge >= 0.3 is 0 Å². The summed E-state index contributed by atoms with van der Waals surface area (Å²) in [4.78, 5) is 1.96. The summed E-state index contributed by atoms with van der Waals surface area (Å²) in [6, 6.07) is 10.3. The maximum atomic E-state index is 13.5. The number of halogens is 1.